The molecule has 1 aliphatic heterocycles. The molecule has 0 radical (unpaired) electrons. The first-order valence-electron chi connectivity index (χ1n) is 4.67. The molecule has 1 aliphatic rings. The molecule has 0 saturated carbocycles. The molecular weight excluding hydrogens is 222 g/mol. The zero-order valence-electron chi connectivity index (χ0n) is 8.71. The van der Waals surface area contributed by atoms with E-state index in [1.165, 1.54) is 4.90 Å². The third kappa shape index (κ3) is 3.67. The van der Waals surface area contributed by atoms with Gasteiger partial charge in [0.1, 0.15) is 0 Å². The van der Waals surface area contributed by atoms with Gasteiger partial charge in [-0.15, -0.1) is 0 Å². The Morgan fingerprint density at radius 3 is 2.53 bits per heavy atom. The number of hydrogen-bond acceptors (Lipinski definition) is 4. The van der Waals surface area contributed by atoms with Gasteiger partial charge >= 0.3 is 6.09 Å². The molecule has 1 N–H and O–H groups in total. The molecule has 0 spiro atoms. The van der Waals surface area contributed by atoms with Crippen LogP contribution in [0, 0.1) is 0 Å². The van der Waals surface area contributed by atoms with E-state index in [-0.39, 0.29) is 6.04 Å². The summed E-state index contributed by atoms with van der Waals surface area (Å²) >= 11 is 0. The molecule has 1 fully saturated rings. The minimum Gasteiger partial charge on any atom is -0.465 e. The van der Waals surface area contributed by atoms with Crippen LogP contribution in [-0.2, 0) is 14.3 Å². The van der Waals surface area contributed by atoms with Crippen molar-refractivity contribution in [1.82, 2.24) is 4.90 Å². The Labute approximate surface area is 89.0 Å². The SMILES string of the molecule is C[C@H]1C[C@@H](OS(C)(=O)=O)CCN1C(=O)O. The first-order chi connectivity index (χ1) is 6.79. The maximum atomic E-state index is 10.9. The number of rotatable bonds is 2. The van der Waals surface area contributed by atoms with Gasteiger partial charge in [0.25, 0.3) is 10.1 Å². The molecule has 0 aliphatic carbocycles. The van der Waals surface area contributed by atoms with E-state index in [0.717, 1.165) is 6.26 Å². The topological polar surface area (TPSA) is 83.9 Å². The van der Waals surface area contributed by atoms with Gasteiger partial charge in [0, 0.05) is 12.6 Å². The zero-order valence-corrected chi connectivity index (χ0v) is 9.53. The molecule has 0 aromatic carbocycles. The van der Waals surface area contributed by atoms with Crippen LogP contribution in [0.5, 0.6) is 0 Å². The number of hydrogen-bond donors (Lipinski definition) is 1. The second-order valence-electron chi connectivity index (χ2n) is 3.77. The van der Waals surface area contributed by atoms with Gasteiger partial charge in [0.05, 0.1) is 12.4 Å². The fraction of sp³-hybridized carbons (Fsp3) is 0.875. The zero-order chi connectivity index (χ0) is 11.6. The average Bonchev–Trinajstić information content (AvgIpc) is 1.99. The predicted molar refractivity (Wildman–Crippen MR) is 53.1 cm³/mol. The van der Waals surface area contributed by atoms with E-state index < -0.39 is 22.3 Å². The minimum absolute atomic E-state index is 0.206. The van der Waals surface area contributed by atoms with Crippen molar-refractivity contribution in [1.29, 1.82) is 0 Å². The Morgan fingerprint density at radius 1 is 1.53 bits per heavy atom. The van der Waals surface area contributed by atoms with E-state index in [2.05, 4.69) is 0 Å². The summed E-state index contributed by atoms with van der Waals surface area (Å²) in [6, 6.07) is -0.206. The standard InChI is InChI=1S/C8H15NO5S/c1-6-5-7(14-15(2,12)13)3-4-9(6)8(10)11/h6-7H,3-5H2,1-2H3,(H,10,11)/t6-,7-/m0/s1. The van der Waals surface area contributed by atoms with Crippen molar-refractivity contribution in [3.63, 3.8) is 0 Å². The lowest BCUT2D eigenvalue weighted by Gasteiger charge is -2.34. The molecule has 2 atom stereocenters. The highest BCUT2D eigenvalue weighted by atomic mass is 32.2. The van der Waals surface area contributed by atoms with Gasteiger partial charge in [-0.05, 0) is 19.8 Å². The Hall–Kier alpha value is -0.820. The molecule has 0 bridgehead atoms. The van der Waals surface area contributed by atoms with Crippen LogP contribution < -0.4 is 0 Å². The maximum absolute atomic E-state index is 10.9. The lowest BCUT2D eigenvalue weighted by atomic mass is 10.0. The first kappa shape index (κ1) is 12.3. The lowest BCUT2D eigenvalue weighted by molar-refractivity contribution is 0.0640. The van der Waals surface area contributed by atoms with Gasteiger partial charge in [-0.1, -0.05) is 0 Å². The fourth-order valence-corrected chi connectivity index (χ4v) is 2.42. The summed E-state index contributed by atoms with van der Waals surface area (Å²) in [6.07, 6.45) is 0.468. The maximum Gasteiger partial charge on any atom is 0.407 e. The highest BCUT2D eigenvalue weighted by Gasteiger charge is 2.30. The van der Waals surface area contributed by atoms with Gasteiger partial charge < -0.3 is 10.0 Å². The molecule has 6 nitrogen and oxygen atoms in total. The molecule has 0 aromatic rings. The molecule has 0 aromatic heterocycles. The summed E-state index contributed by atoms with van der Waals surface area (Å²) in [6.45, 7) is 2.06. The molecule has 15 heavy (non-hydrogen) atoms. The normalized spacial score (nSPS) is 27.7. The quantitative estimate of drug-likeness (QED) is 0.707. The number of nitrogens with zero attached hydrogens (tertiary/aromatic N) is 1. The monoisotopic (exact) mass is 237 g/mol. The molecule has 1 saturated heterocycles. The van der Waals surface area contributed by atoms with Crippen molar-refractivity contribution in [2.75, 3.05) is 12.8 Å². The Morgan fingerprint density at radius 2 is 2.13 bits per heavy atom. The van der Waals surface area contributed by atoms with Crippen LogP contribution in [-0.4, -0.2) is 49.5 Å². The molecule has 88 valence electrons. The molecule has 1 amide bonds. The van der Waals surface area contributed by atoms with Gasteiger partial charge in [-0.25, -0.2) is 4.79 Å². The Bertz CT molecular complexity index is 339. The van der Waals surface area contributed by atoms with Crippen LogP contribution in [0.2, 0.25) is 0 Å². The van der Waals surface area contributed by atoms with Crippen molar-refractivity contribution in [2.45, 2.75) is 31.9 Å². The first-order valence-corrected chi connectivity index (χ1v) is 6.49. The minimum atomic E-state index is -3.45. The smallest absolute Gasteiger partial charge is 0.407 e. The van der Waals surface area contributed by atoms with Crippen LogP contribution >= 0.6 is 0 Å². The van der Waals surface area contributed by atoms with Crippen LogP contribution in [0.15, 0.2) is 0 Å². The van der Waals surface area contributed by atoms with Crippen molar-refractivity contribution in [3.8, 4) is 0 Å². The van der Waals surface area contributed by atoms with E-state index in [0.29, 0.717) is 19.4 Å². The molecule has 7 heteroatoms. The highest BCUT2D eigenvalue weighted by Crippen LogP contribution is 2.20. The van der Waals surface area contributed by atoms with E-state index >= 15 is 0 Å². The average molecular weight is 237 g/mol. The van der Waals surface area contributed by atoms with E-state index in [1.54, 1.807) is 6.92 Å². The van der Waals surface area contributed by atoms with Gasteiger partial charge in [-0.2, -0.15) is 8.42 Å². The summed E-state index contributed by atoms with van der Waals surface area (Å²) in [5.41, 5.74) is 0. The third-order valence-electron chi connectivity index (χ3n) is 2.38. The number of piperidine rings is 1. The second-order valence-corrected chi connectivity index (χ2v) is 5.37. The van der Waals surface area contributed by atoms with Crippen LogP contribution in [0.3, 0.4) is 0 Å². The third-order valence-corrected chi connectivity index (χ3v) is 3.01. The summed E-state index contributed by atoms with van der Waals surface area (Å²) in [4.78, 5) is 12.0. The van der Waals surface area contributed by atoms with Crippen LogP contribution in [0.4, 0.5) is 4.79 Å². The molecule has 1 rings (SSSR count). The van der Waals surface area contributed by atoms with Crippen molar-refractivity contribution in [2.24, 2.45) is 0 Å². The molecule has 1 heterocycles. The van der Waals surface area contributed by atoms with Crippen molar-refractivity contribution in [3.05, 3.63) is 0 Å². The van der Waals surface area contributed by atoms with E-state index in [1.807, 2.05) is 0 Å². The second kappa shape index (κ2) is 4.36. The number of amides is 1. The fourth-order valence-electron chi connectivity index (χ4n) is 1.75. The largest absolute Gasteiger partial charge is 0.465 e. The van der Waals surface area contributed by atoms with Crippen molar-refractivity contribution < 1.29 is 22.5 Å². The number of likely N-dealkylation sites (tertiary alicyclic amines) is 1. The summed E-state index contributed by atoms with van der Waals surface area (Å²) in [5.74, 6) is 0. The lowest BCUT2D eigenvalue weighted by Crippen LogP contribution is -2.46. The van der Waals surface area contributed by atoms with Gasteiger partial charge in [0.2, 0.25) is 0 Å². The molecular formula is C8H15NO5S. The van der Waals surface area contributed by atoms with E-state index in [9.17, 15) is 13.2 Å². The predicted octanol–water partition coefficient (Wildman–Crippen LogP) is 0.494. The highest BCUT2D eigenvalue weighted by molar-refractivity contribution is 7.86. The summed E-state index contributed by atoms with van der Waals surface area (Å²) in [7, 11) is -3.45. The van der Waals surface area contributed by atoms with E-state index in [4.69, 9.17) is 9.29 Å². The number of carbonyl (C=O) groups is 1. The summed E-state index contributed by atoms with van der Waals surface area (Å²) < 4.78 is 26.6. The Balaban J connectivity index is 2.55. The van der Waals surface area contributed by atoms with Crippen LogP contribution in [0.25, 0.3) is 0 Å². The Kier molecular flexibility index (Phi) is 3.56. The van der Waals surface area contributed by atoms with Crippen molar-refractivity contribution >= 4 is 16.2 Å². The number of carboxylic acid groups (broad SMARTS) is 1. The van der Waals surface area contributed by atoms with Gasteiger partial charge in [-0.3, -0.25) is 4.18 Å². The van der Waals surface area contributed by atoms with Crippen LogP contribution in [0.1, 0.15) is 19.8 Å². The summed E-state index contributed by atoms with van der Waals surface area (Å²) in [5, 5.41) is 8.79. The molecule has 0 unspecified atom stereocenters. The van der Waals surface area contributed by atoms with Gasteiger partial charge in [0.15, 0.2) is 0 Å².